The van der Waals surface area contributed by atoms with E-state index in [4.69, 9.17) is 4.74 Å². The van der Waals surface area contributed by atoms with E-state index in [2.05, 4.69) is 41.7 Å². The Balaban J connectivity index is 2.38. The molecule has 2 nitrogen and oxygen atoms in total. The summed E-state index contributed by atoms with van der Waals surface area (Å²) in [5, 5.41) is 1.12. The number of halogens is 1. The summed E-state index contributed by atoms with van der Waals surface area (Å²) in [6, 6.07) is 0. The van der Waals surface area contributed by atoms with Crippen LogP contribution in [0.4, 0.5) is 0 Å². The van der Waals surface area contributed by atoms with Gasteiger partial charge in [0, 0.05) is 31.6 Å². The van der Waals surface area contributed by atoms with Crippen LogP contribution in [0.2, 0.25) is 0 Å². The third kappa shape index (κ3) is 4.88. The molecule has 0 saturated carbocycles. The highest BCUT2D eigenvalue weighted by Gasteiger charge is 2.27. The van der Waals surface area contributed by atoms with Gasteiger partial charge in [0.1, 0.15) is 0 Å². The van der Waals surface area contributed by atoms with E-state index >= 15 is 0 Å². The highest BCUT2D eigenvalue weighted by atomic mass is 79.9. The van der Waals surface area contributed by atoms with Crippen LogP contribution in [0.3, 0.4) is 0 Å². The first-order valence-electron chi connectivity index (χ1n) is 6.98. The Morgan fingerprint density at radius 2 is 1.82 bits per heavy atom. The molecule has 0 radical (unpaired) electrons. The van der Waals surface area contributed by atoms with E-state index in [1.807, 2.05) is 0 Å². The van der Waals surface area contributed by atoms with Crippen LogP contribution >= 0.6 is 15.9 Å². The van der Waals surface area contributed by atoms with Crippen LogP contribution in [0.15, 0.2) is 0 Å². The molecule has 1 fully saturated rings. The van der Waals surface area contributed by atoms with Gasteiger partial charge < -0.3 is 9.64 Å². The fraction of sp³-hybridized carbons (Fsp3) is 1.00. The second kappa shape index (κ2) is 7.75. The minimum absolute atomic E-state index is 0.458. The van der Waals surface area contributed by atoms with Crippen LogP contribution in [0, 0.1) is 11.3 Å². The van der Waals surface area contributed by atoms with E-state index < -0.39 is 0 Å². The molecule has 17 heavy (non-hydrogen) atoms. The lowest BCUT2D eigenvalue weighted by molar-refractivity contribution is 0.0501. The fourth-order valence-corrected chi connectivity index (χ4v) is 3.68. The van der Waals surface area contributed by atoms with Gasteiger partial charge >= 0.3 is 0 Å². The smallest absolute Gasteiger partial charge is 0.0469 e. The molecule has 102 valence electrons. The molecular formula is C14H28BrNO. The first kappa shape index (κ1) is 15.5. The molecule has 1 aliphatic rings. The van der Waals surface area contributed by atoms with Crippen LogP contribution in [0.1, 0.15) is 39.5 Å². The van der Waals surface area contributed by atoms with Gasteiger partial charge in [-0.1, -0.05) is 29.8 Å². The van der Waals surface area contributed by atoms with Crippen LogP contribution in [-0.2, 0) is 4.74 Å². The molecule has 0 aromatic carbocycles. The Labute approximate surface area is 115 Å². The van der Waals surface area contributed by atoms with E-state index in [-0.39, 0.29) is 0 Å². The molecule has 1 rings (SSSR count). The second-order valence-corrected chi connectivity index (χ2v) is 6.15. The molecule has 1 heterocycles. The Hall–Kier alpha value is 0.400. The average molecular weight is 306 g/mol. The van der Waals surface area contributed by atoms with Crippen LogP contribution in [0.25, 0.3) is 0 Å². The number of hydrogen-bond donors (Lipinski definition) is 0. The van der Waals surface area contributed by atoms with E-state index in [0.717, 1.165) is 24.5 Å². The predicted octanol–water partition coefficient (Wildman–Crippen LogP) is 3.55. The van der Waals surface area contributed by atoms with Gasteiger partial charge in [0.15, 0.2) is 0 Å². The Morgan fingerprint density at radius 1 is 1.24 bits per heavy atom. The van der Waals surface area contributed by atoms with Crippen molar-refractivity contribution >= 4 is 15.9 Å². The molecule has 1 aliphatic heterocycles. The van der Waals surface area contributed by atoms with Crippen molar-refractivity contribution in [2.75, 3.05) is 38.7 Å². The normalized spacial score (nSPS) is 18.9. The van der Waals surface area contributed by atoms with Crippen molar-refractivity contribution in [1.29, 1.82) is 0 Å². The SMILES string of the molecule is CCC(CC)(CBr)CN(C)CC1CCOCC1. The molecule has 0 unspecified atom stereocenters. The van der Waals surface area contributed by atoms with Crippen molar-refractivity contribution in [3.63, 3.8) is 0 Å². The van der Waals surface area contributed by atoms with Crippen molar-refractivity contribution < 1.29 is 4.74 Å². The maximum Gasteiger partial charge on any atom is 0.0469 e. The first-order valence-corrected chi connectivity index (χ1v) is 8.10. The van der Waals surface area contributed by atoms with Gasteiger partial charge in [-0.15, -0.1) is 0 Å². The van der Waals surface area contributed by atoms with Gasteiger partial charge in [0.2, 0.25) is 0 Å². The van der Waals surface area contributed by atoms with Crippen molar-refractivity contribution in [2.45, 2.75) is 39.5 Å². The molecule has 0 atom stereocenters. The van der Waals surface area contributed by atoms with Crippen molar-refractivity contribution in [1.82, 2.24) is 4.90 Å². The van der Waals surface area contributed by atoms with Crippen LogP contribution in [0.5, 0.6) is 0 Å². The number of hydrogen-bond acceptors (Lipinski definition) is 2. The molecular weight excluding hydrogens is 278 g/mol. The fourth-order valence-electron chi connectivity index (χ4n) is 2.71. The topological polar surface area (TPSA) is 12.5 Å². The molecule has 0 N–H and O–H groups in total. The maximum absolute atomic E-state index is 5.42. The van der Waals surface area contributed by atoms with E-state index in [1.54, 1.807) is 0 Å². The van der Waals surface area contributed by atoms with E-state index in [1.165, 1.54) is 38.8 Å². The zero-order chi connectivity index (χ0) is 12.7. The van der Waals surface area contributed by atoms with Gasteiger partial charge in [-0.25, -0.2) is 0 Å². The highest BCUT2D eigenvalue weighted by molar-refractivity contribution is 9.09. The summed E-state index contributed by atoms with van der Waals surface area (Å²) >= 11 is 3.70. The highest BCUT2D eigenvalue weighted by Crippen LogP contribution is 2.30. The largest absolute Gasteiger partial charge is 0.381 e. The predicted molar refractivity (Wildman–Crippen MR) is 77.8 cm³/mol. The summed E-state index contributed by atoms with van der Waals surface area (Å²) in [6.45, 7) is 8.99. The summed E-state index contributed by atoms with van der Waals surface area (Å²) in [5.41, 5.74) is 0.458. The van der Waals surface area contributed by atoms with Gasteiger partial charge in [0.05, 0.1) is 0 Å². The van der Waals surface area contributed by atoms with Gasteiger partial charge in [-0.05, 0) is 44.1 Å². The lowest BCUT2D eigenvalue weighted by Crippen LogP contribution is -2.39. The Kier molecular flexibility index (Phi) is 7.05. The van der Waals surface area contributed by atoms with E-state index in [9.17, 15) is 0 Å². The minimum Gasteiger partial charge on any atom is -0.381 e. The Bertz CT molecular complexity index is 192. The number of alkyl halides is 1. The van der Waals surface area contributed by atoms with Crippen molar-refractivity contribution in [2.24, 2.45) is 11.3 Å². The molecule has 0 aliphatic carbocycles. The first-order chi connectivity index (χ1) is 8.15. The molecule has 0 aromatic heterocycles. The van der Waals surface area contributed by atoms with Crippen LogP contribution in [-0.4, -0.2) is 43.6 Å². The van der Waals surface area contributed by atoms with Gasteiger partial charge in [-0.2, -0.15) is 0 Å². The van der Waals surface area contributed by atoms with Crippen molar-refractivity contribution in [3.8, 4) is 0 Å². The quantitative estimate of drug-likeness (QED) is 0.667. The van der Waals surface area contributed by atoms with E-state index in [0.29, 0.717) is 5.41 Å². The van der Waals surface area contributed by atoms with Crippen molar-refractivity contribution in [3.05, 3.63) is 0 Å². The molecule has 0 amide bonds. The lowest BCUT2D eigenvalue weighted by Gasteiger charge is -2.36. The van der Waals surface area contributed by atoms with Gasteiger partial charge in [-0.3, -0.25) is 0 Å². The standard InChI is InChI=1S/C14H28BrNO/c1-4-14(5-2,11-15)12-16(3)10-13-6-8-17-9-7-13/h13H,4-12H2,1-3H3. The van der Waals surface area contributed by atoms with Crippen LogP contribution < -0.4 is 0 Å². The summed E-state index contributed by atoms with van der Waals surface area (Å²) in [7, 11) is 2.28. The molecule has 0 bridgehead atoms. The summed E-state index contributed by atoms with van der Waals surface area (Å²) in [4.78, 5) is 2.53. The summed E-state index contributed by atoms with van der Waals surface area (Å²) < 4.78 is 5.42. The number of nitrogens with zero attached hydrogens (tertiary/aromatic N) is 1. The zero-order valence-electron chi connectivity index (χ0n) is 11.7. The third-order valence-corrected chi connectivity index (χ3v) is 5.49. The number of rotatable bonds is 7. The average Bonchev–Trinajstić information content (AvgIpc) is 2.37. The molecule has 0 spiro atoms. The molecule has 3 heteroatoms. The second-order valence-electron chi connectivity index (χ2n) is 5.59. The van der Waals surface area contributed by atoms with Gasteiger partial charge in [0.25, 0.3) is 0 Å². The summed E-state index contributed by atoms with van der Waals surface area (Å²) in [5.74, 6) is 0.843. The molecule has 0 aromatic rings. The minimum atomic E-state index is 0.458. The zero-order valence-corrected chi connectivity index (χ0v) is 13.3. The Morgan fingerprint density at radius 3 is 2.29 bits per heavy atom. The maximum atomic E-state index is 5.42. The monoisotopic (exact) mass is 305 g/mol. The summed E-state index contributed by atoms with van der Waals surface area (Å²) in [6.07, 6.45) is 4.99. The molecule has 1 saturated heterocycles. The third-order valence-electron chi connectivity index (χ3n) is 4.30. The number of ether oxygens (including phenoxy) is 1. The lowest BCUT2D eigenvalue weighted by atomic mass is 9.84.